The van der Waals surface area contributed by atoms with Gasteiger partial charge < -0.3 is 10.1 Å². The molecule has 3 aromatic rings. The number of carbonyl (C=O) groups is 1. The van der Waals surface area contributed by atoms with Crippen molar-refractivity contribution >= 4 is 11.6 Å². The number of aliphatic imine (C=N–C) groups is 1. The summed E-state index contributed by atoms with van der Waals surface area (Å²) in [4.78, 5) is 17.7. The lowest BCUT2D eigenvalue weighted by atomic mass is 9.89. The third-order valence-electron chi connectivity index (χ3n) is 6.43. The zero-order valence-corrected chi connectivity index (χ0v) is 20.7. The number of hydrogen-bond acceptors (Lipinski definition) is 3. The summed E-state index contributed by atoms with van der Waals surface area (Å²) in [5, 5.41) is 2.93. The minimum Gasteiger partial charge on any atom is -0.406 e. The van der Waals surface area contributed by atoms with Gasteiger partial charge in [0.25, 0.3) is 0 Å². The van der Waals surface area contributed by atoms with Gasteiger partial charge in [-0.3, -0.25) is 9.79 Å². The predicted molar refractivity (Wildman–Crippen MR) is 135 cm³/mol. The Hall–Kier alpha value is -3.75. The summed E-state index contributed by atoms with van der Waals surface area (Å²) >= 11 is 0. The zero-order valence-electron chi connectivity index (χ0n) is 20.7. The smallest absolute Gasteiger partial charge is 0.406 e. The number of halogens is 5. The Morgan fingerprint density at radius 2 is 1.55 bits per heavy atom. The maximum atomic E-state index is 14.5. The highest BCUT2D eigenvalue weighted by Crippen LogP contribution is 2.38. The first-order chi connectivity index (χ1) is 18.2. The highest BCUT2D eigenvalue weighted by Gasteiger charge is 2.37. The first-order valence-corrected chi connectivity index (χ1v) is 12.4. The molecule has 9 heteroatoms. The second kappa shape index (κ2) is 11.8. The van der Waals surface area contributed by atoms with Crippen LogP contribution in [0.15, 0.2) is 71.7 Å². The van der Waals surface area contributed by atoms with Crippen molar-refractivity contribution in [1.29, 1.82) is 0 Å². The largest absolute Gasteiger partial charge is 0.573 e. The van der Waals surface area contributed by atoms with Crippen molar-refractivity contribution in [2.24, 2.45) is 10.9 Å². The van der Waals surface area contributed by atoms with Crippen molar-refractivity contribution in [3.8, 4) is 16.9 Å². The van der Waals surface area contributed by atoms with Crippen LogP contribution in [0.3, 0.4) is 0 Å². The zero-order chi connectivity index (χ0) is 27.3. The molecule has 0 saturated heterocycles. The molecule has 200 valence electrons. The van der Waals surface area contributed by atoms with E-state index in [1.54, 1.807) is 24.3 Å². The number of carbonyl (C=O) groups excluding carboxylic acids is 1. The van der Waals surface area contributed by atoms with Crippen molar-refractivity contribution in [2.45, 2.75) is 45.0 Å². The second-order valence-corrected chi connectivity index (χ2v) is 9.12. The molecule has 0 saturated carbocycles. The Morgan fingerprint density at radius 1 is 0.947 bits per heavy atom. The summed E-state index contributed by atoms with van der Waals surface area (Å²) in [5.74, 6) is -2.67. The van der Waals surface area contributed by atoms with Crippen LogP contribution in [0.4, 0.5) is 22.0 Å². The van der Waals surface area contributed by atoms with E-state index in [1.807, 2.05) is 0 Å². The molecule has 1 unspecified atom stereocenters. The molecular weight excluding hydrogens is 503 g/mol. The Balaban J connectivity index is 1.59. The SMILES string of the molecule is CCCCCNC(=O)[C@H]1CC(c2c(F)cccc2F)=NC1c1ccc(-c2ccc(OC(F)(F)F)cc2)cc1. The van der Waals surface area contributed by atoms with E-state index in [-0.39, 0.29) is 29.4 Å². The Labute approximate surface area is 217 Å². The van der Waals surface area contributed by atoms with Crippen molar-refractivity contribution in [1.82, 2.24) is 5.32 Å². The van der Waals surface area contributed by atoms with Gasteiger partial charge >= 0.3 is 6.36 Å². The standard InChI is InChI=1S/C29H27F5N2O2/c1-2-3-4-16-35-28(37)22-17-25(26-23(30)6-5-7-24(26)31)36-27(22)20-10-8-18(9-11-20)19-12-14-21(15-13-19)38-29(32,33)34/h5-15,22,27H,2-4,16-17H2,1H3,(H,35,37)/t22-,27?/m0/s1. The summed E-state index contributed by atoms with van der Waals surface area (Å²) in [6.07, 6.45) is -1.87. The summed E-state index contributed by atoms with van der Waals surface area (Å²) in [5.41, 5.74) is 2.06. The third kappa shape index (κ3) is 6.57. The minimum absolute atomic E-state index is 0.0878. The molecular formula is C29H27F5N2O2. The van der Waals surface area contributed by atoms with E-state index < -0.39 is 30.0 Å². The van der Waals surface area contributed by atoms with Crippen molar-refractivity contribution in [3.05, 3.63) is 89.5 Å². The molecule has 3 aromatic carbocycles. The van der Waals surface area contributed by atoms with E-state index in [2.05, 4.69) is 22.0 Å². The van der Waals surface area contributed by atoms with Gasteiger partial charge in [-0.2, -0.15) is 0 Å². The Kier molecular flexibility index (Phi) is 8.44. The van der Waals surface area contributed by atoms with Crippen LogP contribution in [0, 0.1) is 17.6 Å². The second-order valence-electron chi connectivity index (χ2n) is 9.12. The number of ether oxygens (including phenoxy) is 1. The summed E-state index contributed by atoms with van der Waals surface area (Å²) in [6, 6.07) is 15.5. The maximum Gasteiger partial charge on any atom is 0.573 e. The molecule has 2 atom stereocenters. The fourth-order valence-corrected chi connectivity index (χ4v) is 4.55. The van der Waals surface area contributed by atoms with Crippen LogP contribution in [0.2, 0.25) is 0 Å². The first kappa shape index (κ1) is 27.3. The highest BCUT2D eigenvalue weighted by molar-refractivity contribution is 6.05. The van der Waals surface area contributed by atoms with Crippen LogP contribution in [-0.4, -0.2) is 24.5 Å². The average Bonchev–Trinajstić information content (AvgIpc) is 3.31. The molecule has 1 amide bonds. The van der Waals surface area contributed by atoms with Gasteiger partial charge in [0.2, 0.25) is 5.91 Å². The van der Waals surface area contributed by atoms with Crippen LogP contribution in [0.25, 0.3) is 11.1 Å². The number of amides is 1. The lowest BCUT2D eigenvalue weighted by Crippen LogP contribution is -2.33. The van der Waals surface area contributed by atoms with Crippen molar-refractivity contribution in [3.63, 3.8) is 0 Å². The molecule has 0 fully saturated rings. The number of rotatable bonds is 9. The summed E-state index contributed by atoms with van der Waals surface area (Å²) < 4.78 is 70.2. The number of hydrogen-bond donors (Lipinski definition) is 1. The van der Waals surface area contributed by atoms with E-state index in [4.69, 9.17) is 0 Å². The molecule has 4 nitrogen and oxygen atoms in total. The van der Waals surface area contributed by atoms with Crippen LogP contribution >= 0.6 is 0 Å². The summed E-state index contributed by atoms with van der Waals surface area (Å²) in [6.45, 7) is 2.57. The van der Waals surface area contributed by atoms with Gasteiger partial charge in [0, 0.05) is 18.7 Å². The number of unbranched alkanes of at least 4 members (excludes halogenated alkanes) is 2. The number of nitrogens with one attached hydrogen (secondary N) is 1. The minimum atomic E-state index is -4.77. The van der Waals surface area contributed by atoms with Crippen molar-refractivity contribution in [2.75, 3.05) is 6.54 Å². The average molecular weight is 531 g/mol. The summed E-state index contributed by atoms with van der Waals surface area (Å²) in [7, 11) is 0. The molecule has 0 aliphatic carbocycles. The van der Waals surface area contributed by atoms with Gasteiger partial charge in [0.15, 0.2) is 0 Å². The Morgan fingerprint density at radius 3 is 2.13 bits per heavy atom. The van der Waals surface area contributed by atoms with E-state index in [9.17, 15) is 26.7 Å². The van der Waals surface area contributed by atoms with Gasteiger partial charge in [0.1, 0.15) is 17.4 Å². The quantitative estimate of drug-likeness (QED) is 0.232. The van der Waals surface area contributed by atoms with E-state index in [0.29, 0.717) is 17.7 Å². The van der Waals surface area contributed by atoms with Gasteiger partial charge in [-0.15, -0.1) is 13.2 Å². The molecule has 4 rings (SSSR count). The molecule has 1 aliphatic heterocycles. The number of alkyl halides is 3. The maximum absolute atomic E-state index is 14.5. The van der Waals surface area contributed by atoms with Crippen LogP contribution in [0.1, 0.15) is 49.8 Å². The monoisotopic (exact) mass is 530 g/mol. The fourth-order valence-electron chi connectivity index (χ4n) is 4.55. The van der Waals surface area contributed by atoms with Crippen LogP contribution in [0.5, 0.6) is 5.75 Å². The lowest BCUT2D eigenvalue weighted by molar-refractivity contribution is -0.274. The van der Waals surface area contributed by atoms with Gasteiger partial charge in [-0.1, -0.05) is 62.2 Å². The van der Waals surface area contributed by atoms with Crippen molar-refractivity contribution < 1.29 is 31.5 Å². The fraction of sp³-hybridized carbons (Fsp3) is 0.310. The normalized spacial score (nSPS) is 17.3. The topological polar surface area (TPSA) is 50.7 Å². The molecule has 0 bridgehead atoms. The van der Waals surface area contributed by atoms with E-state index >= 15 is 0 Å². The number of benzene rings is 3. The molecule has 38 heavy (non-hydrogen) atoms. The Bertz CT molecular complexity index is 1270. The highest BCUT2D eigenvalue weighted by atomic mass is 19.4. The third-order valence-corrected chi connectivity index (χ3v) is 6.43. The van der Waals surface area contributed by atoms with Gasteiger partial charge in [0.05, 0.1) is 17.5 Å². The van der Waals surface area contributed by atoms with E-state index in [0.717, 1.165) is 37.0 Å². The van der Waals surface area contributed by atoms with E-state index in [1.165, 1.54) is 30.3 Å². The molecule has 0 aromatic heterocycles. The molecule has 1 aliphatic rings. The van der Waals surface area contributed by atoms with Crippen LogP contribution < -0.4 is 10.1 Å². The number of nitrogens with zero attached hydrogens (tertiary/aromatic N) is 1. The molecule has 1 N–H and O–H groups in total. The lowest BCUT2D eigenvalue weighted by Gasteiger charge is -2.18. The van der Waals surface area contributed by atoms with Gasteiger partial charge in [-0.25, -0.2) is 8.78 Å². The molecule has 0 radical (unpaired) electrons. The van der Waals surface area contributed by atoms with Crippen LogP contribution in [-0.2, 0) is 4.79 Å². The first-order valence-electron chi connectivity index (χ1n) is 12.4. The molecule has 0 spiro atoms. The van der Waals surface area contributed by atoms with Gasteiger partial charge in [-0.05, 0) is 47.4 Å². The molecule has 1 heterocycles. The predicted octanol–water partition coefficient (Wildman–Crippen LogP) is 7.39.